The van der Waals surface area contributed by atoms with Crippen molar-refractivity contribution in [2.75, 3.05) is 6.54 Å². The average Bonchev–Trinajstić information content (AvgIpc) is 2.63. The monoisotopic (exact) mass is 211 g/mol. The van der Waals surface area contributed by atoms with Crippen LogP contribution in [0.15, 0.2) is 9.98 Å². The van der Waals surface area contributed by atoms with Crippen LogP contribution in [0, 0.1) is 5.41 Å². The minimum atomic E-state index is -0.0341. The van der Waals surface area contributed by atoms with Gasteiger partial charge in [-0.1, -0.05) is 19.8 Å². The Morgan fingerprint density at radius 3 is 2.27 bits per heavy atom. The van der Waals surface area contributed by atoms with E-state index in [0.29, 0.717) is 5.41 Å². The van der Waals surface area contributed by atoms with Crippen molar-refractivity contribution >= 4 is 11.9 Å². The molecule has 0 aromatic carbocycles. The molecule has 5 nitrogen and oxygen atoms in total. The van der Waals surface area contributed by atoms with Crippen LogP contribution in [0.25, 0.3) is 0 Å². The Morgan fingerprint density at radius 1 is 1.20 bits per heavy atom. The molecule has 0 unspecified atom stereocenters. The molecule has 1 rings (SSSR count). The lowest BCUT2D eigenvalue weighted by atomic mass is 9.84. The number of aliphatic imine (C=N–C) groups is 2. The van der Waals surface area contributed by atoms with Crippen LogP contribution in [0.3, 0.4) is 0 Å². The van der Waals surface area contributed by atoms with Gasteiger partial charge in [0, 0.05) is 6.54 Å². The number of hydrogen-bond acceptors (Lipinski definition) is 1. The van der Waals surface area contributed by atoms with Gasteiger partial charge in [0.15, 0.2) is 5.96 Å². The smallest absolute Gasteiger partial charge is 0.218 e. The van der Waals surface area contributed by atoms with Crippen LogP contribution in [-0.4, -0.2) is 18.5 Å². The van der Waals surface area contributed by atoms with E-state index in [0.717, 1.165) is 13.0 Å². The zero-order valence-electron chi connectivity index (χ0n) is 9.37. The predicted octanol–water partition coefficient (Wildman–Crippen LogP) is 0.545. The van der Waals surface area contributed by atoms with Crippen molar-refractivity contribution in [3.05, 3.63) is 0 Å². The van der Waals surface area contributed by atoms with Crippen molar-refractivity contribution < 1.29 is 0 Å². The normalized spacial score (nSPS) is 20.2. The first kappa shape index (κ1) is 11.8. The van der Waals surface area contributed by atoms with E-state index in [4.69, 9.17) is 17.2 Å². The van der Waals surface area contributed by atoms with Crippen LogP contribution in [0.2, 0.25) is 0 Å². The van der Waals surface area contributed by atoms with E-state index >= 15 is 0 Å². The minimum Gasteiger partial charge on any atom is -0.370 e. The van der Waals surface area contributed by atoms with E-state index < -0.39 is 0 Å². The second-order valence-electron chi connectivity index (χ2n) is 4.27. The lowest BCUT2D eigenvalue weighted by Crippen LogP contribution is -2.27. The maximum Gasteiger partial charge on any atom is 0.218 e. The second kappa shape index (κ2) is 5.00. The molecule has 1 fully saturated rings. The van der Waals surface area contributed by atoms with Gasteiger partial charge in [-0.3, -0.25) is 4.99 Å². The largest absolute Gasteiger partial charge is 0.370 e. The molecule has 1 saturated carbocycles. The molecule has 86 valence electrons. The summed E-state index contributed by atoms with van der Waals surface area (Å²) in [7, 11) is 0. The summed E-state index contributed by atoms with van der Waals surface area (Å²) in [6.45, 7) is 2.95. The average molecular weight is 211 g/mol. The zero-order chi connectivity index (χ0) is 11.3. The van der Waals surface area contributed by atoms with E-state index in [1.54, 1.807) is 0 Å². The van der Waals surface area contributed by atoms with Gasteiger partial charge in [0.1, 0.15) is 0 Å². The molecule has 0 spiro atoms. The minimum absolute atomic E-state index is 0.0341. The third-order valence-corrected chi connectivity index (χ3v) is 3.23. The lowest BCUT2D eigenvalue weighted by molar-refractivity contribution is 0.297. The van der Waals surface area contributed by atoms with Gasteiger partial charge >= 0.3 is 0 Å². The molecule has 0 atom stereocenters. The number of nitrogens with two attached hydrogens (primary N) is 3. The number of nitrogens with zero attached hydrogens (tertiary/aromatic N) is 2. The number of guanidine groups is 2. The number of rotatable bonds is 3. The highest BCUT2D eigenvalue weighted by molar-refractivity contribution is 5.92. The van der Waals surface area contributed by atoms with Crippen molar-refractivity contribution in [3.63, 3.8) is 0 Å². The number of hydrogen-bond donors (Lipinski definition) is 3. The molecule has 1 aliphatic rings. The summed E-state index contributed by atoms with van der Waals surface area (Å²) in [6, 6.07) is 0. The van der Waals surface area contributed by atoms with Crippen molar-refractivity contribution in [1.29, 1.82) is 0 Å². The van der Waals surface area contributed by atoms with Crippen molar-refractivity contribution in [2.45, 2.75) is 39.0 Å². The zero-order valence-corrected chi connectivity index (χ0v) is 9.37. The van der Waals surface area contributed by atoms with E-state index in [-0.39, 0.29) is 11.9 Å². The fourth-order valence-electron chi connectivity index (χ4n) is 2.16. The van der Waals surface area contributed by atoms with Gasteiger partial charge in [-0.2, -0.15) is 4.99 Å². The van der Waals surface area contributed by atoms with Crippen LogP contribution in [-0.2, 0) is 0 Å². The summed E-state index contributed by atoms with van der Waals surface area (Å²) in [5, 5.41) is 0. The van der Waals surface area contributed by atoms with Gasteiger partial charge in [0.05, 0.1) is 0 Å². The molecular formula is C10H21N5. The Labute approximate surface area is 90.8 Å². The van der Waals surface area contributed by atoms with Crippen molar-refractivity contribution in [1.82, 2.24) is 0 Å². The van der Waals surface area contributed by atoms with Gasteiger partial charge in [0.25, 0.3) is 0 Å². The molecule has 0 aliphatic heterocycles. The molecule has 6 N–H and O–H groups in total. The maximum absolute atomic E-state index is 5.57. The maximum atomic E-state index is 5.57. The Morgan fingerprint density at radius 2 is 1.80 bits per heavy atom. The Kier molecular flexibility index (Phi) is 3.94. The first-order valence-corrected chi connectivity index (χ1v) is 5.47. The highest BCUT2D eigenvalue weighted by Gasteiger charge is 2.31. The van der Waals surface area contributed by atoms with E-state index in [1.165, 1.54) is 25.7 Å². The Bertz CT molecular complexity index is 259. The fourth-order valence-corrected chi connectivity index (χ4v) is 2.16. The summed E-state index contributed by atoms with van der Waals surface area (Å²) in [5.74, 6) is 0.156. The third-order valence-electron chi connectivity index (χ3n) is 3.23. The molecule has 0 aromatic heterocycles. The van der Waals surface area contributed by atoms with Crippen molar-refractivity contribution in [3.8, 4) is 0 Å². The standard InChI is InChI=1S/C10H21N5/c1-2-10(5-3-4-6-10)7-14-9(13)15-8(11)12/h2-7H2,1H3,(H6,11,12,13,14,15). The van der Waals surface area contributed by atoms with E-state index in [1.807, 2.05) is 0 Å². The second-order valence-corrected chi connectivity index (χ2v) is 4.27. The molecule has 0 amide bonds. The summed E-state index contributed by atoms with van der Waals surface area (Å²) in [6.07, 6.45) is 6.22. The van der Waals surface area contributed by atoms with Crippen LogP contribution in [0.1, 0.15) is 39.0 Å². The van der Waals surface area contributed by atoms with Gasteiger partial charge in [-0.15, -0.1) is 0 Å². The molecule has 15 heavy (non-hydrogen) atoms. The van der Waals surface area contributed by atoms with Crippen LogP contribution in [0.5, 0.6) is 0 Å². The highest BCUT2D eigenvalue weighted by Crippen LogP contribution is 2.41. The molecule has 0 bridgehead atoms. The Hall–Kier alpha value is -1.26. The van der Waals surface area contributed by atoms with Crippen LogP contribution >= 0.6 is 0 Å². The quantitative estimate of drug-likeness (QED) is 0.469. The first-order chi connectivity index (χ1) is 7.08. The summed E-state index contributed by atoms with van der Waals surface area (Å²) < 4.78 is 0. The highest BCUT2D eigenvalue weighted by atomic mass is 15.1. The lowest BCUT2D eigenvalue weighted by Gasteiger charge is -2.24. The van der Waals surface area contributed by atoms with Crippen molar-refractivity contribution in [2.24, 2.45) is 32.6 Å². The molecule has 5 heteroatoms. The summed E-state index contributed by atoms with van der Waals surface area (Å²) in [4.78, 5) is 7.94. The molecule has 0 aromatic rings. The molecule has 0 heterocycles. The topological polar surface area (TPSA) is 103 Å². The summed E-state index contributed by atoms with van der Waals surface area (Å²) >= 11 is 0. The predicted molar refractivity (Wildman–Crippen MR) is 63.5 cm³/mol. The molecule has 0 saturated heterocycles. The SMILES string of the molecule is CCC1(CN=C(N)N=C(N)N)CCCC1. The van der Waals surface area contributed by atoms with Crippen LogP contribution in [0.4, 0.5) is 0 Å². The molecular weight excluding hydrogens is 190 g/mol. The molecule has 1 aliphatic carbocycles. The van der Waals surface area contributed by atoms with Gasteiger partial charge in [-0.25, -0.2) is 0 Å². The Balaban J connectivity index is 2.57. The molecule has 0 radical (unpaired) electrons. The fraction of sp³-hybridized carbons (Fsp3) is 0.800. The van der Waals surface area contributed by atoms with Gasteiger partial charge < -0.3 is 17.2 Å². The van der Waals surface area contributed by atoms with E-state index in [2.05, 4.69) is 16.9 Å². The summed E-state index contributed by atoms with van der Waals surface area (Å²) in [5.41, 5.74) is 16.3. The van der Waals surface area contributed by atoms with E-state index in [9.17, 15) is 0 Å². The van der Waals surface area contributed by atoms with Gasteiger partial charge in [-0.05, 0) is 24.7 Å². The van der Waals surface area contributed by atoms with Crippen LogP contribution < -0.4 is 17.2 Å². The van der Waals surface area contributed by atoms with Gasteiger partial charge in [0.2, 0.25) is 5.96 Å². The third kappa shape index (κ3) is 3.42. The first-order valence-electron chi connectivity index (χ1n) is 5.47.